The van der Waals surface area contributed by atoms with Crippen molar-refractivity contribution in [1.29, 1.82) is 0 Å². The Morgan fingerprint density at radius 2 is 1.79 bits per heavy atom. The Labute approximate surface area is 86.8 Å². The molecule has 0 fully saturated rings. The number of aromatic nitrogens is 2. The molecule has 78 valence electrons. The molecule has 0 atom stereocenters. The SMILES string of the molecule is CCCc1cncc(CC(C)(C)C)n1. The fourth-order valence-electron chi connectivity index (χ4n) is 1.46. The van der Waals surface area contributed by atoms with Gasteiger partial charge in [-0.05, 0) is 18.3 Å². The van der Waals surface area contributed by atoms with Gasteiger partial charge in [-0.25, -0.2) is 0 Å². The Morgan fingerprint density at radius 3 is 2.36 bits per heavy atom. The Bertz CT molecular complexity index is 287. The van der Waals surface area contributed by atoms with Crippen LogP contribution in [-0.4, -0.2) is 9.97 Å². The van der Waals surface area contributed by atoms with Crippen molar-refractivity contribution in [2.45, 2.75) is 47.0 Å². The van der Waals surface area contributed by atoms with Crippen LogP contribution >= 0.6 is 0 Å². The van der Waals surface area contributed by atoms with Crippen LogP contribution in [0.2, 0.25) is 0 Å². The van der Waals surface area contributed by atoms with Gasteiger partial charge in [0.2, 0.25) is 0 Å². The van der Waals surface area contributed by atoms with Crippen molar-refractivity contribution in [3.05, 3.63) is 23.8 Å². The zero-order chi connectivity index (χ0) is 10.6. The summed E-state index contributed by atoms with van der Waals surface area (Å²) in [6.07, 6.45) is 6.91. The highest BCUT2D eigenvalue weighted by Gasteiger charge is 2.12. The zero-order valence-electron chi connectivity index (χ0n) is 9.67. The molecule has 0 unspecified atom stereocenters. The van der Waals surface area contributed by atoms with Crippen LogP contribution in [0.5, 0.6) is 0 Å². The first-order valence-corrected chi connectivity index (χ1v) is 5.31. The van der Waals surface area contributed by atoms with Gasteiger partial charge in [0.05, 0.1) is 11.4 Å². The highest BCUT2D eigenvalue weighted by molar-refractivity contribution is 5.05. The molecule has 2 nitrogen and oxygen atoms in total. The molecule has 0 aromatic carbocycles. The minimum Gasteiger partial charge on any atom is -0.261 e. The molecule has 14 heavy (non-hydrogen) atoms. The van der Waals surface area contributed by atoms with Gasteiger partial charge in [-0.15, -0.1) is 0 Å². The summed E-state index contributed by atoms with van der Waals surface area (Å²) >= 11 is 0. The summed E-state index contributed by atoms with van der Waals surface area (Å²) in [5.74, 6) is 0. The molecule has 1 aromatic rings. The molecule has 0 N–H and O–H groups in total. The van der Waals surface area contributed by atoms with Crippen LogP contribution in [0.1, 0.15) is 45.5 Å². The van der Waals surface area contributed by atoms with Crippen LogP contribution in [0, 0.1) is 5.41 Å². The van der Waals surface area contributed by atoms with Gasteiger partial charge >= 0.3 is 0 Å². The average Bonchev–Trinajstić information content (AvgIpc) is 2.02. The standard InChI is InChI=1S/C12H20N2/c1-5-6-10-8-13-9-11(14-10)7-12(2,3)4/h8-9H,5-7H2,1-4H3. The highest BCUT2D eigenvalue weighted by Crippen LogP contribution is 2.18. The van der Waals surface area contributed by atoms with E-state index in [1.54, 1.807) is 0 Å². The van der Waals surface area contributed by atoms with E-state index < -0.39 is 0 Å². The number of aryl methyl sites for hydroxylation is 1. The van der Waals surface area contributed by atoms with E-state index in [-0.39, 0.29) is 0 Å². The predicted molar refractivity (Wildman–Crippen MR) is 59.2 cm³/mol. The van der Waals surface area contributed by atoms with Crippen molar-refractivity contribution in [2.24, 2.45) is 5.41 Å². The molecule has 0 aliphatic carbocycles. The monoisotopic (exact) mass is 192 g/mol. The number of nitrogens with zero attached hydrogens (tertiary/aromatic N) is 2. The molecular formula is C12H20N2. The number of hydrogen-bond donors (Lipinski definition) is 0. The van der Waals surface area contributed by atoms with Crippen molar-refractivity contribution in [2.75, 3.05) is 0 Å². The molecule has 0 amide bonds. The molecule has 0 aliphatic rings. The van der Waals surface area contributed by atoms with Crippen molar-refractivity contribution < 1.29 is 0 Å². The lowest BCUT2D eigenvalue weighted by Crippen LogP contribution is -2.11. The van der Waals surface area contributed by atoms with Gasteiger partial charge < -0.3 is 0 Å². The van der Waals surface area contributed by atoms with E-state index in [0.29, 0.717) is 5.41 Å². The minimum atomic E-state index is 0.291. The first-order chi connectivity index (χ1) is 6.51. The molecule has 0 radical (unpaired) electrons. The maximum atomic E-state index is 4.59. The molecule has 1 rings (SSSR count). The van der Waals surface area contributed by atoms with Crippen molar-refractivity contribution in [3.63, 3.8) is 0 Å². The van der Waals surface area contributed by atoms with Gasteiger partial charge in [-0.2, -0.15) is 0 Å². The smallest absolute Gasteiger partial charge is 0.0595 e. The fraction of sp³-hybridized carbons (Fsp3) is 0.667. The van der Waals surface area contributed by atoms with Crippen molar-refractivity contribution >= 4 is 0 Å². The van der Waals surface area contributed by atoms with Crippen LogP contribution in [-0.2, 0) is 12.8 Å². The summed E-state index contributed by atoms with van der Waals surface area (Å²) in [6.45, 7) is 8.83. The first-order valence-electron chi connectivity index (χ1n) is 5.31. The van der Waals surface area contributed by atoms with E-state index >= 15 is 0 Å². The lowest BCUT2D eigenvalue weighted by atomic mass is 9.91. The summed E-state index contributed by atoms with van der Waals surface area (Å²) in [5, 5.41) is 0. The van der Waals surface area contributed by atoms with E-state index in [1.807, 2.05) is 12.4 Å². The summed E-state index contributed by atoms with van der Waals surface area (Å²) in [6, 6.07) is 0. The lowest BCUT2D eigenvalue weighted by Gasteiger charge is -2.17. The van der Waals surface area contributed by atoms with Gasteiger partial charge in [0.25, 0.3) is 0 Å². The molecule has 0 saturated carbocycles. The summed E-state index contributed by atoms with van der Waals surface area (Å²) < 4.78 is 0. The third-order valence-corrected chi connectivity index (χ3v) is 1.95. The molecule has 0 saturated heterocycles. The van der Waals surface area contributed by atoms with E-state index in [0.717, 1.165) is 30.7 Å². The number of hydrogen-bond acceptors (Lipinski definition) is 2. The van der Waals surface area contributed by atoms with Gasteiger partial charge in [0, 0.05) is 12.4 Å². The molecular weight excluding hydrogens is 172 g/mol. The van der Waals surface area contributed by atoms with E-state index in [4.69, 9.17) is 0 Å². The van der Waals surface area contributed by atoms with Crippen molar-refractivity contribution in [1.82, 2.24) is 9.97 Å². The maximum absolute atomic E-state index is 4.59. The van der Waals surface area contributed by atoms with Gasteiger partial charge in [-0.1, -0.05) is 34.1 Å². The summed E-state index contributed by atoms with van der Waals surface area (Å²) in [7, 11) is 0. The largest absolute Gasteiger partial charge is 0.261 e. The molecule has 0 bridgehead atoms. The first kappa shape index (κ1) is 11.2. The molecule has 1 heterocycles. The Kier molecular flexibility index (Phi) is 3.62. The molecule has 0 spiro atoms. The second-order valence-corrected chi connectivity index (χ2v) is 4.99. The van der Waals surface area contributed by atoms with Crippen LogP contribution in [0.25, 0.3) is 0 Å². The van der Waals surface area contributed by atoms with E-state index in [1.165, 1.54) is 0 Å². The summed E-state index contributed by atoms with van der Waals surface area (Å²) in [4.78, 5) is 8.81. The van der Waals surface area contributed by atoms with Crippen LogP contribution in [0.3, 0.4) is 0 Å². The number of rotatable bonds is 3. The Hall–Kier alpha value is -0.920. The summed E-state index contributed by atoms with van der Waals surface area (Å²) in [5.41, 5.74) is 2.53. The van der Waals surface area contributed by atoms with Crippen LogP contribution in [0.15, 0.2) is 12.4 Å². The van der Waals surface area contributed by atoms with E-state index in [2.05, 4.69) is 37.7 Å². The molecule has 0 aliphatic heterocycles. The van der Waals surface area contributed by atoms with Crippen LogP contribution in [0.4, 0.5) is 0 Å². The Balaban J connectivity index is 2.73. The van der Waals surface area contributed by atoms with E-state index in [9.17, 15) is 0 Å². The lowest BCUT2D eigenvalue weighted by molar-refractivity contribution is 0.405. The van der Waals surface area contributed by atoms with Crippen LogP contribution < -0.4 is 0 Å². The quantitative estimate of drug-likeness (QED) is 0.735. The van der Waals surface area contributed by atoms with Gasteiger partial charge in [0.15, 0.2) is 0 Å². The molecule has 2 heteroatoms. The molecule has 1 aromatic heterocycles. The second kappa shape index (κ2) is 4.54. The zero-order valence-corrected chi connectivity index (χ0v) is 9.67. The predicted octanol–water partition coefficient (Wildman–Crippen LogP) is 3.02. The second-order valence-electron chi connectivity index (χ2n) is 4.99. The fourth-order valence-corrected chi connectivity index (χ4v) is 1.46. The average molecular weight is 192 g/mol. The maximum Gasteiger partial charge on any atom is 0.0595 e. The third kappa shape index (κ3) is 3.86. The van der Waals surface area contributed by atoms with Crippen molar-refractivity contribution in [3.8, 4) is 0 Å². The van der Waals surface area contributed by atoms with Gasteiger partial charge in [-0.3, -0.25) is 9.97 Å². The topological polar surface area (TPSA) is 25.8 Å². The minimum absolute atomic E-state index is 0.291. The highest BCUT2D eigenvalue weighted by atomic mass is 14.8. The Morgan fingerprint density at radius 1 is 1.14 bits per heavy atom. The third-order valence-electron chi connectivity index (χ3n) is 1.95. The van der Waals surface area contributed by atoms with Gasteiger partial charge in [0.1, 0.15) is 0 Å². The normalized spacial score (nSPS) is 11.7.